The summed E-state index contributed by atoms with van der Waals surface area (Å²) in [7, 11) is 0. The highest BCUT2D eigenvalue weighted by Crippen LogP contribution is 2.14. The maximum atomic E-state index is 11.1. The number of nitrogens with two attached hydrogens (primary N) is 2. The summed E-state index contributed by atoms with van der Waals surface area (Å²) in [6.07, 6.45) is 3.24. The molecular formula is C17H26N2O3. The van der Waals surface area contributed by atoms with E-state index in [0.29, 0.717) is 13.0 Å². The Balaban J connectivity index is 2.27. The van der Waals surface area contributed by atoms with E-state index in [1.807, 2.05) is 31.2 Å². The van der Waals surface area contributed by atoms with Crippen molar-refractivity contribution in [2.24, 2.45) is 17.4 Å². The van der Waals surface area contributed by atoms with Crippen molar-refractivity contribution in [3.8, 4) is 5.75 Å². The summed E-state index contributed by atoms with van der Waals surface area (Å²) in [6.45, 7) is 4.22. The molecule has 0 radical (unpaired) electrons. The van der Waals surface area contributed by atoms with Crippen LogP contribution in [0, 0.1) is 5.92 Å². The van der Waals surface area contributed by atoms with Crippen LogP contribution in [0.15, 0.2) is 24.3 Å². The van der Waals surface area contributed by atoms with Crippen LogP contribution in [0.3, 0.4) is 0 Å². The van der Waals surface area contributed by atoms with Crippen LogP contribution in [0.25, 0.3) is 0 Å². The van der Waals surface area contributed by atoms with E-state index < -0.39 is 11.9 Å². The fraction of sp³-hybridized carbons (Fsp3) is 0.529. The van der Waals surface area contributed by atoms with E-state index in [-0.39, 0.29) is 11.7 Å². The van der Waals surface area contributed by atoms with Gasteiger partial charge in [0.15, 0.2) is 0 Å². The number of benzene rings is 1. The Hall–Kier alpha value is -1.88. The van der Waals surface area contributed by atoms with Crippen LogP contribution in [0.4, 0.5) is 0 Å². The van der Waals surface area contributed by atoms with Crippen molar-refractivity contribution in [1.82, 2.24) is 0 Å². The summed E-state index contributed by atoms with van der Waals surface area (Å²) in [5.74, 6) is 0.663. The van der Waals surface area contributed by atoms with E-state index in [9.17, 15) is 9.59 Å². The van der Waals surface area contributed by atoms with Crippen LogP contribution in [-0.2, 0) is 16.0 Å². The summed E-state index contributed by atoms with van der Waals surface area (Å²) in [6, 6.07) is 6.84. The zero-order chi connectivity index (χ0) is 16.5. The lowest BCUT2D eigenvalue weighted by Gasteiger charge is -2.10. The van der Waals surface area contributed by atoms with Crippen molar-refractivity contribution in [3.05, 3.63) is 29.8 Å². The second-order valence-electron chi connectivity index (χ2n) is 5.71. The molecule has 0 spiro atoms. The van der Waals surface area contributed by atoms with Gasteiger partial charge in [0, 0.05) is 5.92 Å². The zero-order valence-electron chi connectivity index (χ0n) is 13.4. The number of carbonyl (C=O) groups is 2. The van der Waals surface area contributed by atoms with Gasteiger partial charge >= 0.3 is 0 Å². The quantitative estimate of drug-likeness (QED) is 0.644. The van der Waals surface area contributed by atoms with E-state index in [1.165, 1.54) is 0 Å². The minimum atomic E-state index is -0.657. The van der Waals surface area contributed by atoms with Gasteiger partial charge in [-0.25, -0.2) is 0 Å². The standard InChI is InChI=1S/C17H26N2O3/c1-12(13(2)20)5-3-4-10-22-15-8-6-14(7-9-15)11-16(18)17(19)21/h6-9,12,16H,3-5,10-11,18H2,1-2H3,(H2,19,21)/t12-,16-/m0/s1. The monoisotopic (exact) mass is 306 g/mol. The fourth-order valence-corrected chi connectivity index (χ4v) is 2.02. The van der Waals surface area contributed by atoms with Gasteiger partial charge in [-0.15, -0.1) is 0 Å². The van der Waals surface area contributed by atoms with Gasteiger partial charge < -0.3 is 16.2 Å². The number of Topliss-reactive ketones (excluding diaryl/α,β-unsaturated/α-hetero) is 1. The van der Waals surface area contributed by atoms with Gasteiger partial charge in [0.1, 0.15) is 11.5 Å². The lowest BCUT2D eigenvalue weighted by molar-refractivity contribution is -0.120. The van der Waals surface area contributed by atoms with Crippen molar-refractivity contribution < 1.29 is 14.3 Å². The number of amides is 1. The molecular weight excluding hydrogens is 280 g/mol. The van der Waals surface area contributed by atoms with Crippen LogP contribution in [-0.4, -0.2) is 24.3 Å². The molecule has 0 fully saturated rings. The number of hydrogen-bond donors (Lipinski definition) is 2. The molecule has 1 amide bonds. The van der Waals surface area contributed by atoms with Gasteiger partial charge in [0.05, 0.1) is 12.6 Å². The van der Waals surface area contributed by atoms with Gasteiger partial charge in [-0.2, -0.15) is 0 Å². The van der Waals surface area contributed by atoms with Crippen molar-refractivity contribution in [2.75, 3.05) is 6.61 Å². The van der Waals surface area contributed by atoms with E-state index in [1.54, 1.807) is 6.92 Å². The first-order valence-electron chi connectivity index (χ1n) is 7.67. The van der Waals surface area contributed by atoms with Crippen LogP contribution >= 0.6 is 0 Å². The molecule has 0 aliphatic heterocycles. The third kappa shape index (κ3) is 6.72. The average molecular weight is 306 g/mol. The van der Waals surface area contributed by atoms with Crippen molar-refractivity contribution in [1.29, 1.82) is 0 Å². The minimum absolute atomic E-state index is 0.133. The van der Waals surface area contributed by atoms with Crippen LogP contribution in [0.1, 0.15) is 38.7 Å². The Morgan fingerprint density at radius 3 is 2.36 bits per heavy atom. The summed E-state index contributed by atoms with van der Waals surface area (Å²) in [5, 5.41) is 0. The molecule has 4 N–H and O–H groups in total. The first-order valence-corrected chi connectivity index (χ1v) is 7.67. The summed E-state index contributed by atoms with van der Waals surface area (Å²) >= 11 is 0. The number of ether oxygens (including phenoxy) is 1. The van der Waals surface area contributed by atoms with Crippen LogP contribution < -0.4 is 16.2 Å². The van der Waals surface area contributed by atoms with E-state index in [2.05, 4.69) is 0 Å². The molecule has 5 nitrogen and oxygen atoms in total. The summed E-state index contributed by atoms with van der Waals surface area (Å²) < 4.78 is 5.65. The number of primary amides is 1. The first kappa shape index (κ1) is 18.2. The second-order valence-corrected chi connectivity index (χ2v) is 5.71. The molecule has 1 aromatic rings. The Morgan fingerprint density at radius 1 is 1.18 bits per heavy atom. The molecule has 0 aliphatic rings. The average Bonchev–Trinajstić information content (AvgIpc) is 2.48. The second kappa shape index (κ2) is 9.20. The SMILES string of the molecule is CC(=O)[C@@H](C)CCCCOc1ccc(C[C@H](N)C(N)=O)cc1. The molecule has 122 valence electrons. The third-order valence-electron chi connectivity index (χ3n) is 3.74. The van der Waals surface area contributed by atoms with Gasteiger partial charge in [0.2, 0.25) is 5.91 Å². The highest BCUT2D eigenvalue weighted by atomic mass is 16.5. The lowest BCUT2D eigenvalue weighted by Crippen LogP contribution is -2.38. The van der Waals surface area contributed by atoms with Crippen LogP contribution in [0.2, 0.25) is 0 Å². The predicted octanol–water partition coefficient (Wildman–Crippen LogP) is 1.82. The highest BCUT2D eigenvalue weighted by molar-refractivity contribution is 5.79. The molecule has 0 heterocycles. The molecule has 0 unspecified atom stereocenters. The molecule has 1 rings (SSSR count). The topological polar surface area (TPSA) is 95.4 Å². The maximum Gasteiger partial charge on any atom is 0.234 e. The van der Waals surface area contributed by atoms with Gasteiger partial charge in [-0.1, -0.05) is 19.1 Å². The summed E-state index contributed by atoms with van der Waals surface area (Å²) in [4.78, 5) is 22.0. The van der Waals surface area contributed by atoms with E-state index in [0.717, 1.165) is 30.6 Å². The minimum Gasteiger partial charge on any atom is -0.494 e. The molecule has 0 saturated carbocycles. The summed E-state index contributed by atoms with van der Waals surface area (Å²) in [5.41, 5.74) is 11.7. The molecule has 1 aromatic carbocycles. The molecule has 0 aromatic heterocycles. The normalized spacial score (nSPS) is 13.4. The predicted molar refractivity (Wildman–Crippen MR) is 86.5 cm³/mol. The molecule has 2 atom stereocenters. The number of hydrogen-bond acceptors (Lipinski definition) is 4. The van der Waals surface area contributed by atoms with Crippen molar-refractivity contribution in [3.63, 3.8) is 0 Å². The third-order valence-corrected chi connectivity index (χ3v) is 3.74. The van der Waals surface area contributed by atoms with Gasteiger partial charge in [-0.05, 0) is 50.3 Å². The molecule has 0 saturated heterocycles. The van der Waals surface area contributed by atoms with Gasteiger partial charge in [-0.3, -0.25) is 9.59 Å². The smallest absolute Gasteiger partial charge is 0.234 e. The fourth-order valence-electron chi connectivity index (χ4n) is 2.02. The Kier molecular flexibility index (Phi) is 7.60. The number of carbonyl (C=O) groups excluding carboxylic acids is 2. The molecule has 0 bridgehead atoms. The molecule has 5 heteroatoms. The highest BCUT2D eigenvalue weighted by Gasteiger charge is 2.10. The zero-order valence-corrected chi connectivity index (χ0v) is 13.4. The Labute approximate surface area is 132 Å². The number of unbranched alkanes of at least 4 members (excludes halogenated alkanes) is 1. The number of rotatable bonds is 10. The number of ketones is 1. The largest absolute Gasteiger partial charge is 0.494 e. The maximum absolute atomic E-state index is 11.1. The lowest BCUT2D eigenvalue weighted by atomic mass is 10.0. The van der Waals surface area contributed by atoms with E-state index in [4.69, 9.17) is 16.2 Å². The van der Waals surface area contributed by atoms with Crippen LogP contribution in [0.5, 0.6) is 5.75 Å². The van der Waals surface area contributed by atoms with E-state index >= 15 is 0 Å². The Morgan fingerprint density at radius 2 is 1.82 bits per heavy atom. The molecule has 0 aliphatic carbocycles. The molecule has 22 heavy (non-hydrogen) atoms. The Bertz CT molecular complexity index is 485. The van der Waals surface area contributed by atoms with Gasteiger partial charge in [0.25, 0.3) is 0 Å². The first-order chi connectivity index (χ1) is 10.4. The van der Waals surface area contributed by atoms with Crippen molar-refractivity contribution >= 4 is 11.7 Å². The van der Waals surface area contributed by atoms with Crippen molar-refractivity contribution in [2.45, 2.75) is 45.6 Å².